The fourth-order valence-electron chi connectivity index (χ4n) is 1.66. The van der Waals surface area contributed by atoms with E-state index in [1.54, 1.807) is 18.2 Å². The molecule has 1 aromatic heterocycles. The molecule has 2 rings (SSSR count). The van der Waals surface area contributed by atoms with Crippen LogP contribution < -0.4 is 11.0 Å². The smallest absolute Gasteiger partial charge is 0.323 e. The largest absolute Gasteiger partial charge is 0.480 e. The first-order valence-electron chi connectivity index (χ1n) is 6.38. The van der Waals surface area contributed by atoms with E-state index in [1.165, 1.54) is 0 Å². The Morgan fingerprint density at radius 3 is 2.55 bits per heavy atom. The van der Waals surface area contributed by atoms with Gasteiger partial charge in [-0.15, -0.1) is 0 Å². The molecule has 5 N–H and O–H groups in total. The van der Waals surface area contributed by atoms with Crippen molar-refractivity contribution in [2.75, 3.05) is 6.61 Å². The molecule has 1 unspecified atom stereocenters. The number of imidazole rings is 1. The molecule has 0 amide bonds. The van der Waals surface area contributed by atoms with Crippen LogP contribution >= 0.6 is 0 Å². The van der Waals surface area contributed by atoms with Crippen molar-refractivity contribution in [1.29, 1.82) is 0 Å². The van der Waals surface area contributed by atoms with Gasteiger partial charge in [-0.2, -0.15) is 0 Å². The highest BCUT2D eigenvalue weighted by molar-refractivity contribution is 5.75. The zero-order valence-corrected chi connectivity index (χ0v) is 11.4. The summed E-state index contributed by atoms with van der Waals surface area (Å²) in [6, 6.07) is 4.26. The minimum atomic E-state index is -1.10. The van der Waals surface area contributed by atoms with E-state index >= 15 is 0 Å². The van der Waals surface area contributed by atoms with Gasteiger partial charge in [0.1, 0.15) is 6.04 Å². The summed E-state index contributed by atoms with van der Waals surface area (Å²) in [6.07, 6.45) is 0. The Balaban J connectivity index is 0.000000956. The average Bonchev–Trinajstić information content (AvgIpc) is 2.80. The summed E-state index contributed by atoms with van der Waals surface area (Å²) in [5, 5.41) is 20.3. The molecule has 0 saturated heterocycles. The minimum absolute atomic E-state index is 0.283. The molecule has 0 spiro atoms. The summed E-state index contributed by atoms with van der Waals surface area (Å²) in [5.41, 5.74) is 1.89. The molecule has 0 radical (unpaired) electrons. The zero-order valence-electron chi connectivity index (χ0n) is 11.4. The summed E-state index contributed by atoms with van der Waals surface area (Å²) in [7, 11) is 0. The molecule has 20 heavy (non-hydrogen) atoms. The number of aliphatic hydroxyl groups is 1. The minimum Gasteiger partial charge on any atom is -0.480 e. The Kier molecular flexibility index (Phi) is 5.95. The van der Waals surface area contributed by atoms with Gasteiger partial charge in [-0.05, 0) is 17.7 Å². The molecule has 0 aliphatic heterocycles. The van der Waals surface area contributed by atoms with Crippen LogP contribution in [0.2, 0.25) is 0 Å². The van der Waals surface area contributed by atoms with Crippen molar-refractivity contribution in [2.24, 2.45) is 0 Å². The van der Waals surface area contributed by atoms with E-state index in [0.717, 1.165) is 5.56 Å². The molecule has 0 aliphatic rings. The van der Waals surface area contributed by atoms with Crippen molar-refractivity contribution in [3.63, 3.8) is 0 Å². The van der Waals surface area contributed by atoms with Crippen LogP contribution in [0.1, 0.15) is 19.4 Å². The molecular weight excluding hydrogens is 262 g/mol. The van der Waals surface area contributed by atoms with Crippen molar-refractivity contribution in [3.8, 4) is 0 Å². The van der Waals surface area contributed by atoms with Crippen molar-refractivity contribution in [3.05, 3.63) is 34.2 Å². The van der Waals surface area contributed by atoms with Crippen LogP contribution in [-0.4, -0.2) is 38.8 Å². The van der Waals surface area contributed by atoms with Gasteiger partial charge in [-0.25, -0.2) is 4.79 Å². The predicted molar refractivity (Wildman–Crippen MR) is 75.6 cm³/mol. The van der Waals surface area contributed by atoms with Crippen LogP contribution in [0, 0.1) is 0 Å². The topological polar surface area (TPSA) is 118 Å². The molecule has 110 valence electrons. The van der Waals surface area contributed by atoms with Gasteiger partial charge in [0.25, 0.3) is 0 Å². The lowest BCUT2D eigenvalue weighted by Gasteiger charge is -2.11. The Morgan fingerprint density at radius 2 is 1.95 bits per heavy atom. The number of hydrogen-bond donors (Lipinski definition) is 5. The molecule has 0 aliphatic carbocycles. The van der Waals surface area contributed by atoms with Crippen molar-refractivity contribution < 1.29 is 15.0 Å². The fraction of sp³-hybridized carbons (Fsp3) is 0.385. The summed E-state index contributed by atoms with van der Waals surface area (Å²) in [4.78, 5) is 27.0. The number of rotatable bonds is 5. The second-order valence-electron chi connectivity index (χ2n) is 3.91. The van der Waals surface area contributed by atoms with Gasteiger partial charge in [0.2, 0.25) is 0 Å². The lowest BCUT2D eigenvalue weighted by molar-refractivity contribution is -0.140. The third kappa shape index (κ3) is 3.94. The first-order chi connectivity index (χ1) is 9.60. The standard InChI is InChI=1S/C11H13N3O4.C2H6/c15-5-9(10(16)17)12-4-6-1-2-7-8(3-6)14-11(18)13-7;1-2/h1-3,9,12,15H,4-5H2,(H,16,17)(H2,13,14,18);1-2H3. The Bertz CT molecular complexity index is 617. The van der Waals surface area contributed by atoms with Crippen LogP contribution in [0.4, 0.5) is 0 Å². The van der Waals surface area contributed by atoms with E-state index in [4.69, 9.17) is 10.2 Å². The maximum Gasteiger partial charge on any atom is 0.323 e. The number of fused-ring (bicyclic) bond motifs is 1. The van der Waals surface area contributed by atoms with Gasteiger partial charge in [-0.3, -0.25) is 10.1 Å². The zero-order chi connectivity index (χ0) is 15.1. The van der Waals surface area contributed by atoms with Crippen LogP contribution in [0.3, 0.4) is 0 Å². The van der Waals surface area contributed by atoms with Crippen molar-refractivity contribution >= 4 is 17.0 Å². The van der Waals surface area contributed by atoms with Crippen LogP contribution in [0.15, 0.2) is 23.0 Å². The second kappa shape index (κ2) is 7.46. The fourth-order valence-corrected chi connectivity index (χ4v) is 1.66. The molecular formula is C13H19N3O4. The van der Waals surface area contributed by atoms with Gasteiger partial charge in [-0.1, -0.05) is 19.9 Å². The maximum absolute atomic E-state index is 11.1. The normalized spacial score (nSPS) is 11.8. The van der Waals surface area contributed by atoms with Crippen LogP contribution in [-0.2, 0) is 11.3 Å². The van der Waals surface area contributed by atoms with Gasteiger partial charge < -0.3 is 20.2 Å². The van der Waals surface area contributed by atoms with Crippen LogP contribution in [0.5, 0.6) is 0 Å². The van der Waals surface area contributed by atoms with E-state index in [2.05, 4.69) is 15.3 Å². The van der Waals surface area contributed by atoms with Crippen molar-refractivity contribution in [1.82, 2.24) is 15.3 Å². The molecule has 1 heterocycles. The summed E-state index contributed by atoms with van der Waals surface area (Å²) < 4.78 is 0. The number of carbonyl (C=O) groups is 1. The van der Waals surface area contributed by atoms with E-state index in [1.807, 2.05) is 13.8 Å². The highest BCUT2D eigenvalue weighted by Gasteiger charge is 2.14. The maximum atomic E-state index is 11.1. The molecule has 0 saturated carbocycles. The molecule has 1 atom stereocenters. The number of nitrogens with one attached hydrogen (secondary N) is 3. The first kappa shape index (κ1) is 15.9. The second-order valence-corrected chi connectivity index (χ2v) is 3.91. The monoisotopic (exact) mass is 281 g/mol. The van der Waals surface area contributed by atoms with E-state index in [0.29, 0.717) is 17.6 Å². The number of benzene rings is 1. The quantitative estimate of drug-likeness (QED) is 0.544. The van der Waals surface area contributed by atoms with Gasteiger partial charge in [0.15, 0.2) is 0 Å². The van der Waals surface area contributed by atoms with Gasteiger partial charge in [0.05, 0.1) is 17.6 Å². The lowest BCUT2D eigenvalue weighted by Crippen LogP contribution is -2.39. The first-order valence-corrected chi connectivity index (χ1v) is 6.38. The third-order valence-corrected chi connectivity index (χ3v) is 2.61. The van der Waals surface area contributed by atoms with E-state index < -0.39 is 18.6 Å². The molecule has 7 nitrogen and oxygen atoms in total. The highest BCUT2D eigenvalue weighted by atomic mass is 16.4. The number of aromatic nitrogens is 2. The van der Waals surface area contributed by atoms with Gasteiger partial charge in [0, 0.05) is 6.54 Å². The van der Waals surface area contributed by atoms with Crippen LogP contribution in [0.25, 0.3) is 11.0 Å². The Morgan fingerprint density at radius 1 is 1.30 bits per heavy atom. The molecule has 1 aromatic carbocycles. The molecule has 2 aromatic rings. The Labute approximate surface area is 115 Å². The number of aromatic amines is 2. The number of hydrogen-bond acceptors (Lipinski definition) is 4. The molecule has 0 fully saturated rings. The number of carboxylic acids is 1. The SMILES string of the molecule is CC.O=C(O)C(CO)NCc1ccc2[nH]c(=O)[nH]c2c1. The Hall–Kier alpha value is -2.12. The van der Waals surface area contributed by atoms with Gasteiger partial charge >= 0.3 is 11.7 Å². The number of carboxylic acid groups (broad SMARTS) is 1. The van der Waals surface area contributed by atoms with Crippen molar-refractivity contribution in [2.45, 2.75) is 26.4 Å². The highest BCUT2D eigenvalue weighted by Crippen LogP contribution is 2.10. The number of aliphatic carboxylic acids is 1. The molecule has 7 heteroatoms. The third-order valence-electron chi connectivity index (χ3n) is 2.61. The predicted octanol–water partition coefficient (Wildman–Crippen LogP) is 0.417. The lowest BCUT2D eigenvalue weighted by atomic mass is 10.2. The average molecular weight is 281 g/mol. The number of aliphatic hydroxyl groups excluding tert-OH is 1. The summed E-state index contributed by atoms with van der Waals surface area (Å²) in [6.45, 7) is 3.82. The summed E-state index contributed by atoms with van der Waals surface area (Å²) in [5.74, 6) is -1.10. The molecule has 0 bridgehead atoms. The summed E-state index contributed by atoms with van der Waals surface area (Å²) >= 11 is 0. The number of H-pyrrole nitrogens is 2. The van der Waals surface area contributed by atoms with E-state index in [-0.39, 0.29) is 5.69 Å². The van der Waals surface area contributed by atoms with E-state index in [9.17, 15) is 9.59 Å².